The molecule has 1 saturated heterocycles. The van der Waals surface area contributed by atoms with E-state index in [-0.39, 0.29) is 6.04 Å². The maximum atomic E-state index is 5.65. The third kappa shape index (κ3) is 3.54. The van der Waals surface area contributed by atoms with Crippen molar-refractivity contribution in [2.75, 3.05) is 19.6 Å². The number of hydrogen-bond acceptors (Lipinski definition) is 5. The van der Waals surface area contributed by atoms with Crippen LogP contribution in [0.2, 0.25) is 0 Å². The van der Waals surface area contributed by atoms with Crippen molar-refractivity contribution < 1.29 is 4.42 Å². The maximum Gasteiger partial charge on any atom is 0.122 e. The summed E-state index contributed by atoms with van der Waals surface area (Å²) in [4.78, 5) is 7.09. The molecule has 1 fully saturated rings. The molecule has 0 aromatic carbocycles. The Balaban J connectivity index is 1.64. The van der Waals surface area contributed by atoms with E-state index in [0.29, 0.717) is 6.04 Å². The van der Waals surface area contributed by atoms with Crippen molar-refractivity contribution in [2.45, 2.75) is 38.8 Å². The van der Waals surface area contributed by atoms with Crippen molar-refractivity contribution in [3.63, 3.8) is 0 Å². The zero-order chi connectivity index (χ0) is 14.7. The molecule has 1 aliphatic heterocycles. The zero-order valence-corrected chi connectivity index (χ0v) is 13.5. The van der Waals surface area contributed by atoms with Crippen LogP contribution in [0.3, 0.4) is 0 Å². The summed E-state index contributed by atoms with van der Waals surface area (Å²) in [5.41, 5.74) is 1.14. The first-order valence-corrected chi connectivity index (χ1v) is 8.55. The van der Waals surface area contributed by atoms with Gasteiger partial charge < -0.3 is 9.73 Å². The van der Waals surface area contributed by atoms with Crippen LogP contribution in [-0.4, -0.2) is 29.5 Å². The minimum atomic E-state index is 0.273. The number of aromatic nitrogens is 1. The highest BCUT2D eigenvalue weighted by atomic mass is 32.1. The van der Waals surface area contributed by atoms with Gasteiger partial charge in [-0.1, -0.05) is 0 Å². The van der Waals surface area contributed by atoms with Gasteiger partial charge in [-0.2, -0.15) is 0 Å². The molecule has 5 heteroatoms. The molecule has 21 heavy (non-hydrogen) atoms. The second-order valence-corrected chi connectivity index (χ2v) is 6.76. The minimum Gasteiger partial charge on any atom is -0.468 e. The molecular weight excluding hydrogens is 282 g/mol. The van der Waals surface area contributed by atoms with Gasteiger partial charge in [0.15, 0.2) is 0 Å². The molecule has 2 aromatic heterocycles. The van der Waals surface area contributed by atoms with E-state index >= 15 is 0 Å². The highest BCUT2D eigenvalue weighted by Crippen LogP contribution is 2.26. The number of furan rings is 1. The Morgan fingerprint density at radius 1 is 1.43 bits per heavy atom. The van der Waals surface area contributed by atoms with Gasteiger partial charge in [0.05, 0.1) is 23.0 Å². The Morgan fingerprint density at radius 3 is 2.86 bits per heavy atom. The Kier molecular flexibility index (Phi) is 4.73. The van der Waals surface area contributed by atoms with E-state index in [4.69, 9.17) is 4.42 Å². The second kappa shape index (κ2) is 6.73. The van der Waals surface area contributed by atoms with Crippen LogP contribution in [0, 0.1) is 6.92 Å². The Labute approximate surface area is 130 Å². The Bertz CT molecular complexity index is 546. The molecule has 0 radical (unpaired) electrons. The monoisotopic (exact) mass is 305 g/mol. The van der Waals surface area contributed by atoms with Gasteiger partial charge in [-0.3, -0.25) is 4.90 Å². The standard InChI is InChI=1S/C16H23N3OS/c1-12(14-11-21-13(2)18-14)17-10-15(16-6-5-9-20-16)19-7-3-4-8-19/h5-6,9,11-12,15,17H,3-4,7-8,10H2,1-2H3. The lowest BCUT2D eigenvalue weighted by atomic mass is 10.1. The van der Waals surface area contributed by atoms with Crippen LogP contribution in [-0.2, 0) is 0 Å². The Hall–Kier alpha value is -1.17. The molecule has 114 valence electrons. The number of likely N-dealkylation sites (tertiary alicyclic amines) is 1. The molecule has 0 spiro atoms. The number of hydrogen-bond donors (Lipinski definition) is 1. The van der Waals surface area contributed by atoms with Crippen LogP contribution in [0.15, 0.2) is 28.2 Å². The summed E-state index contributed by atoms with van der Waals surface area (Å²) in [7, 11) is 0. The first-order chi connectivity index (χ1) is 10.2. The molecule has 3 heterocycles. The topological polar surface area (TPSA) is 41.3 Å². The fourth-order valence-electron chi connectivity index (χ4n) is 2.92. The van der Waals surface area contributed by atoms with Crippen molar-refractivity contribution in [1.82, 2.24) is 15.2 Å². The molecule has 2 unspecified atom stereocenters. The molecule has 0 aliphatic carbocycles. The van der Waals surface area contributed by atoms with Crippen LogP contribution in [0.4, 0.5) is 0 Å². The Morgan fingerprint density at radius 2 is 2.24 bits per heavy atom. The number of rotatable bonds is 6. The average molecular weight is 305 g/mol. The zero-order valence-electron chi connectivity index (χ0n) is 12.7. The van der Waals surface area contributed by atoms with Crippen molar-refractivity contribution in [2.24, 2.45) is 0 Å². The molecule has 0 bridgehead atoms. The lowest BCUT2D eigenvalue weighted by Gasteiger charge is -2.27. The van der Waals surface area contributed by atoms with E-state index in [1.807, 2.05) is 6.07 Å². The van der Waals surface area contributed by atoms with E-state index < -0.39 is 0 Å². The number of nitrogens with one attached hydrogen (secondary N) is 1. The van der Waals surface area contributed by atoms with Crippen LogP contribution in [0.25, 0.3) is 0 Å². The fraction of sp³-hybridized carbons (Fsp3) is 0.562. The van der Waals surface area contributed by atoms with Crippen LogP contribution < -0.4 is 5.32 Å². The number of aryl methyl sites for hydroxylation is 1. The maximum absolute atomic E-state index is 5.65. The van der Waals surface area contributed by atoms with E-state index in [9.17, 15) is 0 Å². The third-order valence-electron chi connectivity index (χ3n) is 4.15. The van der Waals surface area contributed by atoms with Gasteiger partial charge in [0.1, 0.15) is 5.76 Å². The SMILES string of the molecule is Cc1nc(C(C)NCC(c2ccco2)N2CCCC2)cs1. The third-order valence-corrected chi connectivity index (χ3v) is 4.94. The van der Waals surface area contributed by atoms with Crippen molar-refractivity contribution in [3.05, 3.63) is 40.2 Å². The van der Waals surface area contributed by atoms with Crippen molar-refractivity contribution in [1.29, 1.82) is 0 Å². The highest BCUT2D eigenvalue weighted by molar-refractivity contribution is 7.09. The predicted molar refractivity (Wildman–Crippen MR) is 85.5 cm³/mol. The van der Waals surface area contributed by atoms with Gasteiger partial charge in [-0.25, -0.2) is 4.98 Å². The van der Waals surface area contributed by atoms with Gasteiger partial charge in [0.2, 0.25) is 0 Å². The first kappa shape index (κ1) is 14.8. The summed E-state index contributed by atoms with van der Waals surface area (Å²) in [6.45, 7) is 7.45. The normalized spacial score (nSPS) is 19.0. The summed E-state index contributed by atoms with van der Waals surface area (Å²) in [5, 5.41) is 6.89. The molecule has 4 nitrogen and oxygen atoms in total. The van der Waals surface area contributed by atoms with Gasteiger partial charge in [0.25, 0.3) is 0 Å². The molecule has 2 aromatic rings. The molecular formula is C16H23N3OS. The summed E-state index contributed by atoms with van der Waals surface area (Å²) in [6, 6.07) is 4.66. The molecule has 1 N–H and O–H groups in total. The smallest absolute Gasteiger partial charge is 0.122 e. The van der Waals surface area contributed by atoms with E-state index in [1.165, 1.54) is 12.8 Å². The second-order valence-electron chi connectivity index (χ2n) is 5.70. The average Bonchev–Trinajstić information content (AvgIpc) is 3.21. The summed E-state index contributed by atoms with van der Waals surface area (Å²) in [6.07, 6.45) is 4.35. The molecule has 1 aliphatic rings. The fourth-order valence-corrected chi connectivity index (χ4v) is 3.62. The van der Waals surface area contributed by atoms with E-state index in [2.05, 4.69) is 40.5 Å². The lowest BCUT2D eigenvalue weighted by Crippen LogP contribution is -2.35. The quantitative estimate of drug-likeness (QED) is 0.886. The van der Waals surface area contributed by atoms with E-state index in [1.54, 1.807) is 17.6 Å². The van der Waals surface area contributed by atoms with Crippen LogP contribution in [0.1, 0.15) is 48.3 Å². The number of nitrogens with zero attached hydrogens (tertiary/aromatic N) is 2. The molecule has 0 saturated carbocycles. The van der Waals surface area contributed by atoms with Crippen molar-refractivity contribution in [3.8, 4) is 0 Å². The van der Waals surface area contributed by atoms with Gasteiger partial charge in [0, 0.05) is 18.0 Å². The highest BCUT2D eigenvalue weighted by Gasteiger charge is 2.26. The van der Waals surface area contributed by atoms with Gasteiger partial charge in [-0.15, -0.1) is 11.3 Å². The van der Waals surface area contributed by atoms with Gasteiger partial charge in [-0.05, 0) is 51.9 Å². The van der Waals surface area contributed by atoms with E-state index in [0.717, 1.165) is 36.1 Å². The molecule has 2 atom stereocenters. The van der Waals surface area contributed by atoms with Crippen molar-refractivity contribution >= 4 is 11.3 Å². The van der Waals surface area contributed by atoms with Gasteiger partial charge >= 0.3 is 0 Å². The molecule has 0 amide bonds. The van der Waals surface area contributed by atoms with Crippen LogP contribution >= 0.6 is 11.3 Å². The molecule has 3 rings (SSSR count). The summed E-state index contributed by atoms with van der Waals surface area (Å²) >= 11 is 1.71. The lowest BCUT2D eigenvalue weighted by molar-refractivity contribution is 0.205. The predicted octanol–water partition coefficient (Wildman–Crippen LogP) is 3.53. The number of thiazole rings is 1. The van der Waals surface area contributed by atoms with Crippen LogP contribution in [0.5, 0.6) is 0 Å². The summed E-state index contributed by atoms with van der Waals surface area (Å²) < 4.78 is 5.65. The summed E-state index contributed by atoms with van der Waals surface area (Å²) in [5.74, 6) is 1.06. The minimum absolute atomic E-state index is 0.273. The first-order valence-electron chi connectivity index (χ1n) is 7.67. The largest absolute Gasteiger partial charge is 0.468 e.